The molecule has 0 saturated heterocycles. The lowest BCUT2D eigenvalue weighted by molar-refractivity contribution is -0.458. The number of carbonyl (C=O) groups excluding carboxylic acids is 1. The molecule has 0 aromatic rings. The Labute approximate surface area is 98.2 Å². The number of hydrogen-bond donors (Lipinski definition) is 0. The molecule has 0 atom stereocenters. The van der Waals surface area contributed by atoms with Gasteiger partial charge in [-0.1, -0.05) is 0 Å². The molecule has 0 aromatic carbocycles. The fraction of sp³-hybridized carbons (Fsp3) is 0.667. The second-order valence-electron chi connectivity index (χ2n) is 5.06. The summed E-state index contributed by atoms with van der Waals surface area (Å²) in [6.45, 7) is 5.56. The number of ether oxygens (including phenoxy) is 1. The maximum Gasteiger partial charge on any atom is 0.355 e. The van der Waals surface area contributed by atoms with Crippen molar-refractivity contribution in [3.05, 3.63) is 11.8 Å². The van der Waals surface area contributed by atoms with Crippen LogP contribution in [0.1, 0.15) is 20.8 Å². The van der Waals surface area contributed by atoms with Crippen LogP contribution in [-0.2, 0) is 9.53 Å². The Bertz CT molecular complexity index is 305. The molecule has 0 rings (SSSR count). The van der Waals surface area contributed by atoms with Crippen LogP contribution >= 0.6 is 0 Å². The number of hydrogen-bond acceptors (Lipinski definition) is 3. The smallest absolute Gasteiger partial charge is 0.355 e. The highest BCUT2D eigenvalue weighted by Gasteiger charge is 2.20. The van der Waals surface area contributed by atoms with E-state index in [4.69, 9.17) is 4.74 Å². The fourth-order valence-electron chi connectivity index (χ4n) is 0.950. The lowest BCUT2D eigenvalue weighted by Gasteiger charge is -2.22. The molecule has 0 unspecified atom stereocenters. The molecule has 0 aliphatic carbocycles. The lowest BCUT2D eigenvalue weighted by Crippen LogP contribution is -2.29. The van der Waals surface area contributed by atoms with Gasteiger partial charge in [-0.25, -0.2) is 9.37 Å². The monoisotopic (exact) mass is 227 g/mol. The second kappa shape index (κ2) is 5.68. The van der Waals surface area contributed by atoms with E-state index in [0.29, 0.717) is 5.70 Å². The Morgan fingerprint density at radius 2 is 1.75 bits per heavy atom. The molecule has 0 aromatic heterocycles. The highest BCUT2D eigenvalue weighted by Crippen LogP contribution is 2.11. The molecule has 0 fully saturated rings. The van der Waals surface area contributed by atoms with Gasteiger partial charge in [0.2, 0.25) is 0 Å². The van der Waals surface area contributed by atoms with Gasteiger partial charge >= 0.3 is 5.97 Å². The molecule has 0 radical (unpaired) electrons. The van der Waals surface area contributed by atoms with E-state index in [0.717, 1.165) is 0 Å². The van der Waals surface area contributed by atoms with E-state index in [-0.39, 0.29) is 5.97 Å². The van der Waals surface area contributed by atoms with Crippen LogP contribution in [0.5, 0.6) is 0 Å². The van der Waals surface area contributed by atoms with Gasteiger partial charge in [-0.15, -0.1) is 0 Å². The van der Waals surface area contributed by atoms with Crippen LogP contribution in [0.15, 0.2) is 11.8 Å². The van der Waals surface area contributed by atoms with E-state index < -0.39 is 5.60 Å². The van der Waals surface area contributed by atoms with Gasteiger partial charge in [0.25, 0.3) is 0 Å². The van der Waals surface area contributed by atoms with Crippen LogP contribution in [0.2, 0.25) is 0 Å². The van der Waals surface area contributed by atoms with E-state index in [1.54, 1.807) is 11.0 Å². The molecule has 0 heterocycles. The molecular formula is C12H23N2O2+. The average molecular weight is 227 g/mol. The van der Waals surface area contributed by atoms with E-state index in [2.05, 4.69) is 0 Å². The zero-order valence-corrected chi connectivity index (χ0v) is 11.4. The van der Waals surface area contributed by atoms with E-state index in [1.165, 1.54) is 0 Å². The first-order valence-electron chi connectivity index (χ1n) is 5.26. The van der Waals surface area contributed by atoms with Crippen molar-refractivity contribution in [2.75, 3.05) is 28.2 Å². The lowest BCUT2D eigenvalue weighted by atomic mass is 10.2. The molecule has 0 spiro atoms. The Balaban J connectivity index is 4.88. The molecule has 0 aliphatic heterocycles. The molecule has 4 heteroatoms. The van der Waals surface area contributed by atoms with E-state index in [1.807, 2.05) is 59.8 Å². The summed E-state index contributed by atoms with van der Waals surface area (Å²) in [7, 11) is 7.44. The second-order valence-corrected chi connectivity index (χ2v) is 5.06. The van der Waals surface area contributed by atoms with Crippen molar-refractivity contribution in [2.45, 2.75) is 26.4 Å². The number of carbonyl (C=O) groups is 1. The maximum absolute atomic E-state index is 11.8. The molecule has 0 amide bonds. The zero-order valence-electron chi connectivity index (χ0n) is 11.4. The minimum atomic E-state index is -0.468. The van der Waals surface area contributed by atoms with Crippen LogP contribution in [-0.4, -0.2) is 55.5 Å². The van der Waals surface area contributed by atoms with Crippen LogP contribution in [0, 0.1) is 0 Å². The minimum absolute atomic E-state index is 0.310. The summed E-state index contributed by atoms with van der Waals surface area (Å²) in [6, 6.07) is 0. The van der Waals surface area contributed by atoms with Crippen molar-refractivity contribution in [2.24, 2.45) is 0 Å². The van der Waals surface area contributed by atoms with Crippen molar-refractivity contribution in [1.29, 1.82) is 0 Å². The Hall–Kier alpha value is -1.32. The molecular weight excluding hydrogens is 204 g/mol. The standard InChI is InChI=1S/C12H23N2O2/c1-12(2,3)16-11(15)10(14(6)7)8-9-13(4)5/h8-9H,1-7H3/q+1. The van der Waals surface area contributed by atoms with Gasteiger partial charge in [-0.2, -0.15) is 0 Å². The third-order valence-electron chi connectivity index (χ3n) is 1.62. The predicted octanol–water partition coefficient (Wildman–Crippen LogP) is 1.12. The van der Waals surface area contributed by atoms with Gasteiger partial charge in [0.05, 0.1) is 0 Å². The summed E-state index contributed by atoms with van der Waals surface area (Å²) < 4.78 is 7.17. The summed E-state index contributed by atoms with van der Waals surface area (Å²) in [4.78, 5) is 13.6. The minimum Gasteiger partial charge on any atom is -0.455 e. The first kappa shape index (κ1) is 14.7. The summed E-state index contributed by atoms with van der Waals surface area (Å²) in [6.07, 6.45) is 3.56. The van der Waals surface area contributed by atoms with Crippen molar-refractivity contribution in [3.8, 4) is 0 Å². The van der Waals surface area contributed by atoms with Crippen molar-refractivity contribution in [3.63, 3.8) is 0 Å². The predicted molar refractivity (Wildman–Crippen MR) is 65.8 cm³/mol. The van der Waals surface area contributed by atoms with Gasteiger partial charge in [0.15, 0.2) is 6.21 Å². The maximum atomic E-state index is 11.8. The average Bonchev–Trinajstić information content (AvgIpc) is 1.98. The van der Waals surface area contributed by atoms with Crippen molar-refractivity contribution >= 4 is 12.2 Å². The van der Waals surface area contributed by atoms with Gasteiger partial charge in [0.1, 0.15) is 25.4 Å². The molecule has 0 N–H and O–H groups in total. The van der Waals surface area contributed by atoms with Crippen LogP contribution < -0.4 is 0 Å². The highest BCUT2D eigenvalue weighted by molar-refractivity contribution is 5.92. The number of likely N-dealkylation sites (N-methyl/N-ethyl adjacent to an activating group) is 1. The van der Waals surface area contributed by atoms with Crippen LogP contribution in [0.25, 0.3) is 0 Å². The van der Waals surface area contributed by atoms with Gasteiger partial charge in [-0.05, 0) is 20.8 Å². The molecule has 0 aliphatic rings. The van der Waals surface area contributed by atoms with Crippen LogP contribution in [0.3, 0.4) is 0 Å². The first-order chi connectivity index (χ1) is 7.13. The first-order valence-corrected chi connectivity index (χ1v) is 5.26. The molecule has 0 bridgehead atoms. The van der Waals surface area contributed by atoms with Gasteiger partial charge in [0, 0.05) is 20.2 Å². The quantitative estimate of drug-likeness (QED) is 0.313. The third-order valence-corrected chi connectivity index (χ3v) is 1.62. The number of allylic oxidation sites excluding steroid dienone is 1. The van der Waals surface area contributed by atoms with Gasteiger partial charge in [-0.3, -0.25) is 0 Å². The topological polar surface area (TPSA) is 32.5 Å². The Kier molecular flexibility index (Phi) is 5.21. The van der Waals surface area contributed by atoms with Gasteiger partial charge < -0.3 is 9.64 Å². The van der Waals surface area contributed by atoms with Crippen molar-refractivity contribution < 1.29 is 14.1 Å². The molecule has 4 nitrogen and oxygen atoms in total. The number of nitrogens with zero attached hydrogens (tertiary/aromatic N) is 2. The third kappa shape index (κ3) is 6.22. The number of esters is 1. The largest absolute Gasteiger partial charge is 0.455 e. The van der Waals surface area contributed by atoms with E-state index in [9.17, 15) is 4.79 Å². The summed E-state index contributed by atoms with van der Waals surface area (Å²) >= 11 is 0. The zero-order chi connectivity index (χ0) is 12.9. The fourth-order valence-corrected chi connectivity index (χ4v) is 0.950. The molecule has 0 saturated carbocycles. The highest BCUT2D eigenvalue weighted by atomic mass is 16.6. The Morgan fingerprint density at radius 3 is 2.06 bits per heavy atom. The van der Waals surface area contributed by atoms with Crippen molar-refractivity contribution in [1.82, 2.24) is 4.90 Å². The Morgan fingerprint density at radius 1 is 1.25 bits per heavy atom. The SMILES string of the molecule is CN(C)C(=CC=[N+](C)C)C(=O)OC(C)(C)C. The normalized spacial score (nSPS) is 12.1. The molecule has 16 heavy (non-hydrogen) atoms. The molecule has 92 valence electrons. The summed E-state index contributed by atoms with van der Waals surface area (Å²) in [5, 5.41) is 0. The van der Waals surface area contributed by atoms with Crippen LogP contribution in [0.4, 0.5) is 0 Å². The van der Waals surface area contributed by atoms with E-state index >= 15 is 0 Å². The number of rotatable bonds is 3. The summed E-state index contributed by atoms with van der Waals surface area (Å²) in [5.41, 5.74) is 0.0632. The summed E-state index contributed by atoms with van der Waals surface area (Å²) in [5.74, 6) is -0.310.